The van der Waals surface area contributed by atoms with Gasteiger partial charge in [0.15, 0.2) is 6.10 Å². The SMILES string of the molecule is Cc1c(Cl)cccc1NC(=O)[C@H](C)OC(=O)c1ccc(-n2cnnn2)cc1. The van der Waals surface area contributed by atoms with E-state index in [4.69, 9.17) is 16.3 Å². The van der Waals surface area contributed by atoms with Gasteiger partial charge < -0.3 is 10.1 Å². The molecule has 1 atom stereocenters. The summed E-state index contributed by atoms with van der Waals surface area (Å²) in [5.41, 5.74) is 2.31. The van der Waals surface area contributed by atoms with Crippen LogP contribution < -0.4 is 5.32 Å². The minimum Gasteiger partial charge on any atom is -0.449 e. The average Bonchev–Trinajstić information content (AvgIpc) is 3.20. The van der Waals surface area contributed by atoms with E-state index >= 15 is 0 Å². The first-order chi connectivity index (χ1) is 13.0. The number of nitrogens with one attached hydrogen (secondary N) is 1. The maximum Gasteiger partial charge on any atom is 0.338 e. The Balaban J connectivity index is 1.63. The second-order valence-electron chi connectivity index (χ2n) is 5.75. The minimum absolute atomic E-state index is 0.311. The Morgan fingerprint density at radius 2 is 1.93 bits per heavy atom. The molecule has 2 aromatic carbocycles. The Kier molecular flexibility index (Phi) is 5.46. The minimum atomic E-state index is -0.977. The van der Waals surface area contributed by atoms with Gasteiger partial charge in [-0.15, -0.1) is 5.10 Å². The highest BCUT2D eigenvalue weighted by molar-refractivity contribution is 6.31. The number of hydrogen-bond donors (Lipinski definition) is 1. The Labute approximate surface area is 160 Å². The third-order valence-electron chi connectivity index (χ3n) is 3.90. The van der Waals surface area contributed by atoms with Crippen molar-refractivity contribution in [1.82, 2.24) is 20.2 Å². The summed E-state index contributed by atoms with van der Waals surface area (Å²) in [7, 11) is 0. The molecule has 0 aliphatic heterocycles. The molecule has 3 aromatic rings. The van der Waals surface area contributed by atoms with Crippen molar-refractivity contribution in [2.75, 3.05) is 5.32 Å². The number of benzene rings is 2. The lowest BCUT2D eigenvalue weighted by Crippen LogP contribution is -2.30. The Morgan fingerprint density at radius 1 is 1.19 bits per heavy atom. The number of anilines is 1. The van der Waals surface area contributed by atoms with Crippen molar-refractivity contribution in [3.63, 3.8) is 0 Å². The van der Waals surface area contributed by atoms with Gasteiger partial charge >= 0.3 is 5.97 Å². The third-order valence-corrected chi connectivity index (χ3v) is 4.30. The van der Waals surface area contributed by atoms with Gasteiger partial charge in [0.05, 0.1) is 11.3 Å². The molecular weight excluding hydrogens is 370 g/mol. The van der Waals surface area contributed by atoms with Crippen LogP contribution in [0, 0.1) is 6.92 Å². The monoisotopic (exact) mass is 385 g/mol. The molecule has 0 aliphatic carbocycles. The molecule has 8 nitrogen and oxygen atoms in total. The number of tetrazole rings is 1. The van der Waals surface area contributed by atoms with Crippen LogP contribution in [0.25, 0.3) is 5.69 Å². The van der Waals surface area contributed by atoms with Gasteiger partial charge in [0.25, 0.3) is 5.91 Å². The Bertz CT molecular complexity index is 958. The van der Waals surface area contributed by atoms with Gasteiger partial charge in [0, 0.05) is 10.7 Å². The first-order valence-corrected chi connectivity index (χ1v) is 8.44. The molecular formula is C18H16ClN5O3. The van der Waals surface area contributed by atoms with Crippen LogP contribution in [0.3, 0.4) is 0 Å². The van der Waals surface area contributed by atoms with Gasteiger partial charge in [0.2, 0.25) is 0 Å². The Morgan fingerprint density at radius 3 is 2.59 bits per heavy atom. The summed E-state index contributed by atoms with van der Waals surface area (Å²) < 4.78 is 6.70. The van der Waals surface area contributed by atoms with E-state index in [1.807, 2.05) is 0 Å². The van der Waals surface area contributed by atoms with Crippen LogP contribution in [-0.2, 0) is 9.53 Å². The molecule has 0 bridgehead atoms. The van der Waals surface area contributed by atoms with Gasteiger partial charge in [-0.25, -0.2) is 9.48 Å². The van der Waals surface area contributed by atoms with E-state index in [1.165, 1.54) is 17.9 Å². The smallest absolute Gasteiger partial charge is 0.338 e. The molecule has 0 fully saturated rings. The van der Waals surface area contributed by atoms with E-state index in [2.05, 4.69) is 20.8 Å². The zero-order valence-corrected chi connectivity index (χ0v) is 15.3. The molecule has 0 aliphatic rings. The lowest BCUT2D eigenvalue weighted by Gasteiger charge is -2.15. The quantitative estimate of drug-likeness (QED) is 0.678. The number of nitrogens with zero attached hydrogens (tertiary/aromatic N) is 4. The largest absolute Gasteiger partial charge is 0.449 e. The van der Waals surface area contributed by atoms with Gasteiger partial charge in [-0.05, 0) is 66.2 Å². The fourth-order valence-electron chi connectivity index (χ4n) is 2.29. The molecule has 0 saturated heterocycles. The van der Waals surface area contributed by atoms with Gasteiger partial charge in [-0.2, -0.15) is 0 Å². The lowest BCUT2D eigenvalue weighted by molar-refractivity contribution is -0.123. The second kappa shape index (κ2) is 7.96. The number of rotatable bonds is 5. The number of carbonyl (C=O) groups excluding carboxylic acids is 2. The summed E-state index contributed by atoms with van der Waals surface area (Å²) >= 11 is 6.04. The Hall–Kier alpha value is -3.26. The van der Waals surface area contributed by atoms with E-state index in [9.17, 15) is 9.59 Å². The molecule has 1 aromatic heterocycles. The fraction of sp³-hybridized carbons (Fsp3) is 0.167. The van der Waals surface area contributed by atoms with Crippen molar-refractivity contribution in [1.29, 1.82) is 0 Å². The van der Waals surface area contributed by atoms with Crippen molar-refractivity contribution in [2.24, 2.45) is 0 Å². The van der Waals surface area contributed by atoms with E-state index in [1.54, 1.807) is 49.4 Å². The number of ether oxygens (including phenoxy) is 1. The van der Waals surface area contributed by atoms with Crippen molar-refractivity contribution in [3.8, 4) is 5.69 Å². The highest BCUT2D eigenvalue weighted by atomic mass is 35.5. The third kappa shape index (κ3) is 4.29. The van der Waals surface area contributed by atoms with Gasteiger partial charge in [0.1, 0.15) is 6.33 Å². The topological polar surface area (TPSA) is 99.0 Å². The van der Waals surface area contributed by atoms with Crippen molar-refractivity contribution < 1.29 is 14.3 Å². The highest BCUT2D eigenvalue weighted by Gasteiger charge is 2.20. The lowest BCUT2D eigenvalue weighted by atomic mass is 10.2. The number of halogens is 1. The van der Waals surface area contributed by atoms with Crippen molar-refractivity contribution in [3.05, 3.63) is 64.9 Å². The van der Waals surface area contributed by atoms with E-state index < -0.39 is 18.0 Å². The van der Waals surface area contributed by atoms with Crippen molar-refractivity contribution >= 4 is 29.2 Å². The summed E-state index contributed by atoms with van der Waals surface area (Å²) in [6.07, 6.45) is 0.465. The first kappa shape index (κ1) is 18.5. The maximum absolute atomic E-state index is 12.3. The molecule has 1 heterocycles. The van der Waals surface area contributed by atoms with E-state index in [0.29, 0.717) is 22.0 Å². The fourth-order valence-corrected chi connectivity index (χ4v) is 2.46. The van der Waals surface area contributed by atoms with Crippen LogP contribution in [0.5, 0.6) is 0 Å². The predicted molar refractivity (Wildman–Crippen MR) is 98.9 cm³/mol. The van der Waals surface area contributed by atoms with Crippen LogP contribution in [0.4, 0.5) is 5.69 Å². The molecule has 0 radical (unpaired) electrons. The molecule has 138 valence electrons. The summed E-state index contributed by atoms with van der Waals surface area (Å²) in [6.45, 7) is 3.30. The normalized spacial score (nSPS) is 11.7. The molecule has 27 heavy (non-hydrogen) atoms. The zero-order chi connectivity index (χ0) is 19.4. The van der Waals surface area contributed by atoms with Gasteiger partial charge in [-0.3, -0.25) is 4.79 Å². The number of hydrogen-bond acceptors (Lipinski definition) is 6. The molecule has 0 unspecified atom stereocenters. The number of amides is 1. The molecule has 1 amide bonds. The first-order valence-electron chi connectivity index (χ1n) is 8.06. The summed E-state index contributed by atoms with van der Waals surface area (Å²) in [5, 5.41) is 14.1. The van der Waals surface area contributed by atoms with Crippen LogP contribution >= 0.6 is 11.6 Å². The van der Waals surface area contributed by atoms with Crippen LogP contribution in [-0.4, -0.2) is 38.2 Å². The summed E-state index contributed by atoms with van der Waals surface area (Å²) in [6, 6.07) is 11.7. The maximum atomic E-state index is 12.3. The zero-order valence-electron chi connectivity index (χ0n) is 14.6. The van der Waals surface area contributed by atoms with Crippen molar-refractivity contribution in [2.45, 2.75) is 20.0 Å². The number of carbonyl (C=O) groups is 2. The van der Waals surface area contributed by atoms with Crippen LogP contribution in [0.15, 0.2) is 48.8 Å². The molecule has 9 heteroatoms. The summed E-state index contributed by atoms with van der Waals surface area (Å²) in [4.78, 5) is 24.6. The standard InChI is InChI=1S/C18H16ClN5O3/c1-11-15(19)4-3-5-16(11)21-17(25)12(2)27-18(26)13-6-8-14(9-7-13)24-10-20-22-23-24/h3-10,12H,1-2H3,(H,21,25)/t12-/m0/s1. The predicted octanol–water partition coefficient (Wildman–Crippen LogP) is 2.81. The van der Waals surface area contributed by atoms with E-state index in [0.717, 1.165) is 5.56 Å². The highest BCUT2D eigenvalue weighted by Crippen LogP contribution is 2.23. The second-order valence-corrected chi connectivity index (χ2v) is 6.16. The average molecular weight is 386 g/mol. The molecule has 0 saturated carbocycles. The van der Waals surface area contributed by atoms with Crippen LogP contribution in [0.2, 0.25) is 5.02 Å². The number of esters is 1. The van der Waals surface area contributed by atoms with E-state index in [-0.39, 0.29) is 0 Å². The summed E-state index contributed by atoms with van der Waals surface area (Å²) in [5.74, 6) is -1.05. The van der Waals surface area contributed by atoms with Crippen LogP contribution in [0.1, 0.15) is 22.8 Å². The molecule has 1 N–H and O–H groups in total. The molecule has 0 spiro atoms. The molecule has 3 rings (SSSR count). The van der Waals surface area contributed by atoms with Gasteiger partial charge in [-0.1, -0.05) is 17.7 Å². The number of aromatic nitrogens is 4.